The van der Waals surface area contributed by atoms with Crippen molar-refractivity contribution in [2.24, 2.45) is 0 Å². The van der Waals surface area contributed by atoms with Gasteiger partial charge in [0.15, 0.2) is 5.43 Å². The van der Waals surface area contributed by atoms with Crippen molar-refractivity contribution in [3.05, 3.63) is 83.0 Å². The predicted octanol–water partition coefficient (Wildman–Crippen LogP) is 5.03. The van der Waals surface area contributed by atoms with E-state index in [9.17, 15) is 9.59 Å². The number of pyridine rings is 1. The van der Waals surface area contributed by atoms with Crippen LogP contribution in [0.3, 0.4) is 0 Å². The summed E-state index contributed by atoms with van der Waals surface area (Å²) in [6.45, 7) is 7.51. The summed E-state index contributed by atoms with van der Waals surface area (Å²) < 4.78 is 1.91. The molecule has 0 bridgehead atoms. The minimum Gasteiger partial charge on any atom is -0.369 e. The van der Waals surface area contributed by atoms with Gasteiger partial charge in [-0.2, -0.15) is 0 Å². The van der Waals surface area contributed by atoms with Gasteiger partial charge in [0.25, 0.3) is 0 Å². The second kappa shape index (κ2) is 8.64. The van der Waals surface area contributed by atoms with Gasteiger partial charge in [0.05, 0.1) is 11.0 Å². The second-order valence-corrected chi connectivity index (χ2v) is 7.92. The minimum atomic E-state index is -0.136. The molecule has 0 atom stereocenters. The van der Waals surface area contributed by atoms with E-state index in [2.05, 4.69) is 31.0 Å². The largest absolute Gasteiger partial charge is 0.369 e. The molecule has 0 saturated carbocycles. The number of carbonyl (C=O) groups excluding carboxylic acids is 1. The van der Waals surface area contributed by atoms with Crippen molar-refractivity contribution >= 4 is 39.1 Å². The number of aromatic nitrogens is 1. The molecule has 0 unspecified atom stereocenters. The third kappa shape index (κ3) is 4.04. The normalized spacial score (nSPS) is 11.2. The zero-order chi connectivity index (χ0) is 22.0. The van der Waals surface area contributed by atoms with Gasteiger partial charge in [0.1, 0.15) is 6.54 Å². The average molecular weight is 414 g/mol. The first-order chi connectivity index (χ1) is 15.0. The highest BCUT2D eigenvalue weighted by Crippen LogP contribution is 2.21. The molecular formula is C26H27N3O2. The van der Waals surface area contributed by atoms with Crippen molar-refractivity contribution in [1.82, 2.24) is 4.57 Å². The number of fused-ring (bicyclic) bond motifs is 2. The van der Waals surface area contributed by atoms with Crippen LogP contribution in [0.4, 0.5) is 11.4 Å². The summed E-state index contributed by atoms with van der Waals surface area (Å²) in [4.78, 5) is 28.1. The van der Waals surface area contributed by atoms with Gasteiger partial charge in [-0.25, -0.2) is 0 Å². The number of nitrogens with zero attached hydrogens (tertiary/aromatic N) is 2. The maximum atomic E-state index is 12.9. The van der Waals surface area contributed by atoms with Crippen LogP contribution in [0, 0.1) is 0 Å². The molecule has 4 rings (SSSR count). The minimum absolute atomic E-state index is 0.0101. The first kappa shape index (κ1) is 20.7. The molecule has 4 aromatic rings. The number of para-hydroxylation sites is 2. The third-order valence-corrected chi connectivity index (χ3v) is 5.63. The Labute approximate surface area is 181 Å². The van der Waals surface area contributed by atoms with Gasteiger partial charge in [-0.05, 0) is 69.3 Å². The van der Waals surface area contributed by atoms with Gasteiger partial charge >= 0.3 is 0 Å². The zero-order valence-corrected chi connectivity index (χ0v) is 18.1. The fourth-order valence-electron chi connectivity index (χ4n) is 4.17. The van der Waals surface area contributed by atoms with Crippen molar-refractivity contribution in [1.29, 1.82) is 0 Å². The van der Waals surface area contributed by atoms with Gasteiger partial charge in [0, 0.05) is 34.7 Å². The third-order valence-electron chi connectivity index (χ3n) is 5.63. The molecule has 1 N–H and O–H groups in total. The Kier molecular flexibility index (Phi) is 5.76. The summed E-state index contributed by atoms with van der Waals surface area (Å²) in [5, 5.41) is 4.23. The van der Waals surface area contributed by atoms with Crippen LogP contribution in [0.2, 0.25) is 0 Å². The first-order valence-corrected chi connectivity index (χ1v) is 10.7. The number of amides is 1. The number of hydrogen-bond acceptors (Lipinski definition) is 3. The lowest BCUT2D eigenvalue weighted by Gasteiger charge is -2.27. The summed E-state index contributed by atoms with van der Waals surface area (Å²) in [6.07, 6.45) is 0. The van der Waals surface area contributed by atoms with Crippen LogP contribution < -0.4 is 15.6 Å². The molecule has 0 aliphatic heterocycles. The van der Waals surface area contributed by atoms with Gasteiger partial charge in [-0.3, -0.25) is 9.59 Å². The van der Waals surface area contributed by atoms with E-state index in [-0.39, 0.29) is 17.9 Å². The summed E-state index contributed by atoms with van der Waals surface area (Å²) in [5.74, 6) is -0.136. The van der Waals surface area contributed by atoms with E-state index in [0.717, 1.165) is 29.0 Å². The Balaban J connectivity index is 1.63. The Morgan fingerprint density at radius 1 is 0.903 bits per heavy atom. The fourth-order valence-corrected chi connectivity index (χ4v) is 4.17. The standard InChI is InChI=1S/C26H27N3O2/c1-4-28(18(2)3)20-15-13-19(14-16-20)27-25(30)17-29-23-11-7-5-9-21(23)26(31)22-10-6-8-12-24(22)29/h5-16,18H,4,17H2,1-3H3,(H,27,30). The van der Waals surface area contributed by atoms with E-state index in [1.54, 1.807) is 0 Å². The van der Waals surface area contributed by atoms with E-state index in [0.29, 0.717) is 16.8 Å². The van der Waals surface area contributed by atoms with Crippen molar-refractivity contribution in [2.75, 3.05) is 16.8 Å². The molecule has 0 saturated heterocycles. The maximum absolute atomic E-state index is 12.9. The Morgan fingerprint density at radius 3 is 1.97 bits per heavy atom. The second-order valence-electron chi connectivity index (χ2n) is 7.92. The molecule has 3 aromatic carbocycles. The molecule has 158 valence electrons. The lowest BCUT2D eigenvalue weighted by molar-refractivity contribution is -0.116. The fraction of sp³-hybridized carbons (Fsp3) is 0.231. The molecule has 0 aliphatic rings. The Hall–Kier alpha value is -3.60. The van der Waals surface area contributed by atoms with Gasteiger partial charge in [-0.15, -0.1) is 0 Å². The van der Waals surface area contributed by atoms with Crippen LogP contribution >= 0.6 is 0 Å². The lowest BCUT2D eigenvalue weighted by Crippen LogP contribution is -2.30. The van der Waals surface area contributed by atoms with Crippen LogP contribution in [0.15, 0.2) is 77.6 Å². The summed E-state index contributed by atoms with van der Waals surface area (Å²) >= 11 is 0. The van der Waals surface area contributed by atoms with Crippen LogP contribution in [-0.2, 0) is 11.3 Å². The Bertz CT molecular complexity index is 1230. The topological polar surface area (TPSA) is 54.3 Å². The number of rotatable bonds is 6. The van der Waals surface area contributed by atoms with Crippen molar-refractivity contribution in [2.45, 2.75) is 33.4 Å². The van der Waals surface area contributed by atoms with Crippen LogP contribution in [0.1, 0.15) is 20.8 Å². The summed E-state index contributed by atoms with van der Waals surface area (Å²) in [6, 6.07) is 23.2. The van der Waals surface area contributed by atoms with E-state index in [1.807, 2.05) is 77.4 Å². The van der Waals surface area contributed by atoms with Gasteiger partial charge in [-0.1, -0.05) is 24.3 Å². The number of nitrogens with one attached hydrogen (secondary N) is 1. The number of carbonyl (C=O) groups is 1. The molecule has 1 heterocycles. The number of hydrogen-bond donors (Lipinski definition) is 1. The molecule has 0 fully saturated rings. The van der Waals surface area contributed by atoms with Crippen LogP contribution in [0.25, 0.3) is 21.8 Å². The number of anilines is 2. The van der Waals surface area contributed by atoms with Gasteiger partial charge in [0.2, 0.25) is 5.91 Å². The smallest absolute Gasteiger partial charge is 0.244 e. The molecule has 1 amide bonds. The predicted molar refractivity (Wildman–Crippen MR) is 129 cm³/mol. The molecule has 0 spiro atoms. The quantitative estimate of drug-likeness (QED) is 0.451. The molecule has 5 nitrogen and oxygen atoms in total. The molecule has 1 aromatic heterocycles. The molecule has 0 aliphatic carbocycles. The molecule has 5 heteroatoms. The molecule has 0 radical (unpaired) electrons. The molecule has 31 heavy (non-hydrogen) atoms. The van der Waals surface area contributed by atoms with E-state index in [1.165, 1.54) is 0 Å². The number of benzene rings is 3. The highest BCUT2D eigenvalue weighted by molar-refractivity contribution is 5.97. The highest BCUT2D eigenvalue weighted by atomic mass is 16.2. The van der Waals surface area contributed by atoms with Gasteiger partial charge < -0.3 is 14.8 Å². The maximum Gasteiger partial charge on any atom is 0.244 e. The zero-order valence-electron chi connectivity index (χ0n) is 18.1. The van der Waals surface area contributed by atoms with Crippen molar-refractivity contribution in [3.63, 3.8) is 0 Å². The summed E-state index contributed by atoms with van der Waals surface area (Å²) in [7, 11) is 0. The monoisotopic (exact) mass is 413 g/mol. The SMILES string of the molecule is CCN(c1ccc(NC(=O)Cn2c3ccccc3c(=O)c3ccccc32)cc1)C(C)C. The lowest BCUT2D eigenvalue weighted by atomic mass is 10.1. The average Bonchev–Trinajstić information content (AvgIpc) is 2.78. The van der Waals surface area contributed by atoms with Crippen molar-refractivity contribution < 1.29 is 4.79 Å². The van der Waals surface area contributed by atoms with E-state index in [4.69, 9.17) is 0 Å². The van der Waals surface area contributed by atoms with Crippen molar-refractivity contribution in [3.8, 4) is 0 Å². The van der Waals surface area contributed by atoms with Crippen LogP contribution in [0.5, 0.6) is 0 Å². The highest BCUT2D eigenvalue weighted by Gasteiger charge is 2.13. The van der Waals surface area contributed by atoms with E-state index < -0.39 is 0 Å². The summed E-state index contributed by atoms with van der Waals surface area (Å²) in [5.41, 5.74) is 3.39. The first-order valence-electron chi connectivity index (χ1n) is 10.7. The molecular weight excluding hydrogens is 386 g/mol. The van der Waals surface area contributed by atoms with E-state index >= 15 is 0 Å². The Morgan fingerprint density at radius 2 is 1.45 bits per heavy atom. The van der Waals surface area contributed by atoms with Crippen LogP contribution in [-0.4, -0.2) is 23.1 Å².